The molecule has 4 heteroatoms. The summed E-state index contributed by atoms with van der Waals surface area (Å²) >= 11 is 0. The molecule has 0 radical (unpaired) electrons. The minimum atomic E-state index is 0.630. The lowest BCUT2D eigenvalue weighted by atomic mass is 10.1. The van der Waals surface area contributed by atoms with Gasteiger partial charge in [0.2, 0.25) is 0 Å². The van der Waals surface area contributed by atoms with Crippen LogP contribution in [0.2, 0.25) is 0 Å². The van der Waals surface area contributed by atoms with Gasteiger partial charge in [0, 0.05) is 16.5 Å². The van der Waals surface area contributed by atoms with E-state index in [4.69, 9.17) is 9.68 Å². The molecule has 5 aromatic rings. The molecule has 0 fully saturated rings. The molecule has 0 aliphatic carbocycles. The molecule has 5 rings (SSSR count). The van der Waals surface area contributed by atoms with Crippen molar-refractivity contribution in [3.63, 3.8) is 0 Å². The number of para-hydroxylation sites is 2. The highest BCUT2D eigenvalue weighted by Crippen LogP contribution is 2.30. The highest BCUT2D eigenvalue weighted by molar-refractivity contribution is 5.84. The summed E-state index contributed by atoms with van der Waals surface area (Å²) in [5.74, 6) is 1.63. The van der Waals surface area contributed by atoms with Crippen LogP contribution in [-0.2, 0) is 0 Å². The molecule has 0 bridgehead atoms. The zero-order valence-electron chi connectivity index (χ0n) is 13.7. The van der Waals surface area contributed by atoms with Gasteiger partial charge in [0.25, 0.3) is 0 Å². The van der Waals surface area contributed by atoms with E-state index in [1.165, 1.54) is 0 Å². The van der Waals surface area contributed by atoms with Crippen molar-refractivity contribution < 1.29 is 4.42 Å². The Bertz CT molecular complexity index is 1250. The van der Waals surface area contributed by atoms with E-state index in [0.29, 0.717) is 5.56 Å². The Hall–Kier alpha value is -3.84. The van der Waals surface area contributed by atoms with E-state index in [-0.39, 0.29) is 0 Å². The number of benzene rings is 3. The molecule has 0 unspecified atom stereocenters. The van der Waals surface area contributed by atoms with Crippen molar-refractivity contribution in [2.24, 2.45) is 0 Å². The second-order valence-corrected chi connectivity index (χ2v) is 6.15. The average Bonchev–Trinajstić information content (AvgIpc) is 3.31. The van der Waals surface area contributed by atoms with E-state index in [0.717, 1.165) is 44.7 Å². The van der Waals surface area contributed by atoms with Gasteiger partial charge in [-0.1, -0.05) is 36.4 Å². The van der Waals surface area contributed by atoms with Crippen molar-refractivity contribution in [2.75, 3.05) is 0 Å². The predicted molar refractivity (Wildman–Crippen MR) is 101 cm³/mol. The number of hydrogen-bond acceptors (Lipinski definition) is 3. The Kier molecular flexibility index (Phi) is 3.13. The largest absolute Gasteiger partial charge is 0.456 e. The lowest BCUT2D eigenvalue weighted by molar-refractivity contribution is 0.631. The van der Waals surface area contributed by atoms with Gasteiger partial charge in [-0.15, -0.1) is 0 Å². The number of furan rings is 1. The molecule has 3 aromatic carbocycles. The molecule has 0 spiro atoms. The molecule has 0 saturated carbocycles. The normalized spacial score (nSPS) is 11.0. The lowest BCUT2D eigenvalue weighted by Crippen LogP contribution is -1.81. The van der Waals surface area contributed by atoms with Gasteiger partial charge in [0.1, 0.15) is 17.2 Å². The summed E-state index contributed by atoms with van der Waals surface area (Å²) in [5, 5.41) is 9.95. The number of imidazole rings is 1. The fraction of sp³-hybridized carbons (Fsp3) is 0. The number of nitriles is 1. The van der Waals surface area contributed by atoms with Gasteiger partial charge in [0.05, 0.1) is 22.7 Å². The van der Waals surface area contributed by atoms with Gasteiger partial charge in [-0.2, -0.15) is 5.26 Å². The fourth-order valence-corrected chi connectivity index (χ4v) is 3.14. The van der Waals surface area contributed by atoms with E-state index in [9.17, 15) is 0 Å². The summed E-state index contributed by atoms with van der Waals surface area (Å²) in [6, 6.07) is 25.6. The van der Waals surface area contributed by atoms with Crippen LogP contribution in [0.25, 0.3) is 44.7 Å². The molecule has 0 atom stereocenters. The zero-order chi connectivity index (χ0) is 17.5. The van der Waals surface area contributed by atoms with Crippen LogP contribution in [0.15, 0.2) is 77.2 Å². The highest BCUT2D eigenvalue weighted by atomic mass is 16.3. The van der Waals surface area contributed by atoms with Crippen molar-refractivity contribution in [1.82, 2.24) is 9.97 Å². The molecule has 2 heterocycles. The van der Waals surface area contributed by atoms with Crippen molar-refractivity contribution in [3.05, 3.63) is 78.4 Å². The van der Waals surface area contributed by atoms with Crippen molar-refractivity contribution in [3.8, 4) is 28.8 Å². The Labute approximate surface area is 149 Å². The van der Waals surface area contributed by atoms with E-state index < -0.39 is 0 Å². The number of nitrogens with zero attached hydrogens (tertiary/aromatic N) is 2. The quantitative estimate of drug-likeness (QED) is 0.462. The van der Waals surface area contributed by atoms with Crippen LogP contribution in [0.3, 0.4) is 0 Å². The minimum Gasteiger partial charge on any atom is -0.456 e. The van der Waals surface area contributed by atoms with Gasteiger partial charge in [0.15, 0.2) is 0 Å². The van der Waals surface area contributed by atoms with E-state index in [1.54, 1.807) is 6.07 Å². The second kappa shape index (κ2) is 5.61. The maximum Gasteiger partial charge on any atom is 0.138 e. The number of aromatic nitrogens is 2. The maximum atomic E-state index is 9.02. The van der Waals surface area contributed by atoms with E-state index >= 15 is 0 Å². The SMILES string of the molecule is N#Cc1ccc2oc(-c3ccc(-c4nc5ccccc5[nH]4)cc3)cc2c1. The molecular formula is C22H13N3O. The molecular weight excluding hydrogens is 322 g/mol. The lowest BCUT2D eigenvalue weighted by Gasteiger charge is -1.99. The molecule has 26 heavy (non-hydrogen) atoms. The zero-order valence-corrected chi connectivity index (χ0v) is 13.7. The van der Waals surface area contributed by atoms with Gasteiger partial charge >= 0.3 is 0 Å². The van der Waals surface area contributed by atoms with Crippen LogP contribution < -0.4 is 0 Å². The van der Waals surface area contributed by atoms with Gasteiger partial charge < -0.3 is 9.40 Å². The predicted octanol–water partition coefficient (Wildman–Crippen LogP) is 5.51. The average molecular weight is 335 g/mol. The molecule has 122 valence electrons. The summed E-state index contributed by atoms with van der Waals surface area (Å²) in [6.45, 7) is 0. The van der Waals surface area contributed by atoms with Gasteiger partial charge in [-0.05, 0) is 36.4 Å². The summed E-state index contributed by atoms with van der Waals surface area (Å²) in [4.78, 5) is 7.97. The van der Waals surface area contributed by atoms with E-state index in [2.05, 4.69) is 16.0 Å². The molecule has 0 amide bonds. The topological polar surface area (TPSA) is 65.6 Å². The number of H-pyrrole nitrogens is 1. The first kappa shape index (κ1) is 14.5. The van der Waals surface area contributed by atoms with Gasteiger partial charge in [-0.25, -0.2) is 4.98 Å². The number of nitrogens with one attached hydrogen (secondary N) is 1. The summed E-state index contributed by atoms with van der Waals surface area (Å²) in [7, 11) is 0. The monoisotopic (exact) mass is 335 g/mol. The fourth-order valence-electron chi connectivity index (χ4n) is 3.14. The van der Waals surface area contributed by atoms with Crippen LogP contribution >= 0.6 is 0 Å². The second-order valence-electron chi connectivity index (χ2n) is 6.15. The summed E-state index contributed by atoms with van der Waals surface area (Å²) in [5.41, 5.74) is 5.40. The van der Waals surface area contributed by atoms with Crippen molar-refractivity contribution >= 4 is 22.0 Å². The summed E-state index contributed by atoms with van der Waals surface area (Å²) < 4.78 is 5.91. The van der Waals surface area contributed by atoms with E-state index in [1.807, 2.05) is 66.7 Å². The molecule has 4 nitrogen and oxygen atoms in total. The molecule has 0 saturated heterocycles. The van der Waals surface area contributed by atoms with Crippen LogP contribution in [0.4, 0.5) is 0 Å². The van der Waals surface area contributed by atoms with Crippen LogP contribution in [0.5, 0.6) is 0 Å². The third-order valence-corrected chi connectivity index (χ3v) is 4.48. The number of fused-ring (bicyclic) bond motifs is 2. The smallest absolute Gasteiger partial charge is 0.138 e. The minimum absolute atomic E-state index is 0.630. The first-order chi connectivity index (χ1) is 12.8. The first-order valence-electron chi connectivity index (χ1n) is 8.29. The van der Waals surface area contributed by atoms with Gasteiger partial charge in [-0.3, -0.25) is 0 Å². The first-order valence-corrected chi connectivity index (χ1v) is 8.29. The Balaban J connectivity index is 1.52. The third-order valence-electron chi connectivity index (χ3n) is 4.48. The van der Waals surface area contributed by atoms with Crippen molar-refractivity contribution in [1.29, 1.82) is 5.26 Å². The number of hydrogen-bond donors (Lipinski definition) is 1. The van der Waals surface area contributed by atoms with Crippen LogP contribution in [0, 0.1) is 11.3 Å². The molecule has 1 N–H and O–H groups in total. The summed E-state index contributed by atoms with van der Waals surface area (Å²) in [6.07, 6.45) is 0. The molecule has 2 aromatic heterocycles. The third kappa shape index (κ3) is 2.35. The Morgan fingerprint density at radius 3 is 2.50 bits per heavy atom. The van der Waals surface area contributed by atoms with Crippen LogP contribution in [-0.4, -0.2) is 9.97 Å². The Morgan fingerprint density at radius 2 is 1.69 bits per heavy atom. The molecule has 0 aliphatic heterocycles. The van der Waals surface area contributed by atoms with Crippen LogP contribution in [0.1, 0.15) is 5.56 Å². The number of rotatable bonds is 2. The Morgan fingerprint density at radius 1 is 0.885 bits per heavy atom. The standard InChI is InChI=1S/C22H13N3O/c23-13-14-5-10-20-17(11-14)12-21(26-20)15-6-8-16(9-7-15)22-24-18-3-1-2-4-19(18)25-22/h1-12H,(H,24,25). The molecule has 0 aliphatic rings. The number of aromatic amines is 1. The van der Waals surface area contributed by atoms with Crippen molar-refractivity contribution in [2.45, 2.75) is 0 Å². The highest BCUT2D eigenvalue weighted by Gasteiger charge is 2.09. The maximum absolute atomic E-state index is 9.02.